The number of hydrogen-bond acceptors (Lipinski definition) is 2. The fourth-order valence-electron chi connectivity index (χ4n) is 1.51. The second-order valence-corrected chi connectivity index (χ2v) is 4.31. The van der Waals surface area contributed by atoms with Crippen LogP contribution >= 0.6 is 24.0 Å². The zero-order chi connectivity index (χ0) is 13.5. The van der Waals surface area contributed by atoms with Crippen LogP contribution in [0, 0.1) is 5.82 Å². The predicted molar refractivity (Wildman–Crippen MR) is 86.2 cm³/mol. The number of guanidine groups is 1. The van der Waals surface area contributed by atoms with Crippen molar-refractivity contribution in [3.05, 3.63) is 35.1 Å². The highest BCUT2D eigenvalue weighted by atomic mass is 127. The smallest absolute Gasteiger partial charge is 0.191 e. The van der Waals surface area contributed by atoms with Crippen molar-refractivity contribution in [3.8, 4) is 0 Å². The van der Waals surface area contributed by atoms with Crippen molar-refractivity contribution in [2.75, 3.05) is 7.05 Å². The lowest BCUT2D eigenvalue weighted by Gasteiger charge is -2.14. The number of nitrogens with one attached hydrogen (secondary N) is 2. The summed E-state index contributed by atoms with van der Waals surface area (Å²) >= 11 is 0. The summed E-state index contributed by atoms with van der Waals surface area (Å²) in [6.45, 7) is 4.28. The SMILES string of the molecule is CN=C(NCc1ccc(F)c(CO)c1)NC(C)C.I. The van der Waals surface area contributed by atoms with Gasteiger partial charge in [-0.3, -0.25) is 4.99 Å². The molecule has 0 bridgehead atoms. The van der Waals surface area contributed by atoms with E-state index in [1.54, 1.807) is 19.2 Å². The number of hydrogen-bond donors (Lipinski definition) is 3. The molecule has 0 aromatic heterocycles. The third-order valence-corrected chi connectivity index (χ3v) is 2.39. The summed E-state index contributed by atoms with van der Waals surface area (Å²) in [6.07, 6.45) is 0. The van der Waals surface area contributed by atoms with Gasteiger partial charge in [-0.05, 0) is 31.5 Å². The van der Waals surface area contributed by atoms with Crippen molar-refractivity contribution >= 4 is 29.9 Å². The van der Waals surface area contributed by atoms with E-state index in [0.29, 0.717) is 18.1 Å². The predicted octanol–water partition coefficient (Wildman–Crippen LogP) is 2.01. The minimum atomic E-state index is -0.383. The lowest BCUT2D eigenvalue weighted by molar-refractivity contribution is 0.275. The lowest BCUT2D eigenvalue weighted by atomic mass is 10.1. The Balaban J connectivity index is 0.00000324. The zero-order valence-electron chi connectivity index (χ0n) is 11.4. The Morgan fingerprint density at radius 2 is 2.11 bits per heavy atom. The van der Waals surface area contributed by atoms with Gasteiger partial charge in [0.05, 0.1) is 6.61 Å². The minimum absolute atomic E-state index is 0. The molecule has 1 rings (SSSR count). The van der Waals surface area contributed by atoms with Crippen LogP contribution in [-0.2, 0) is 13.2 Å². The number of rotatable bonds is 4. The Morgan fingerprint density at radius 3 is 2.63 bits per heavy atom. The maximum absolute atomic E-state index is 13.2. The zero-order valence-corrected chi connectivity index (χ0v) is 13.7. The maximum atomic E-state index is 13.2. The summed E-state index contributed by atoms with van der Waals surface area (Å²) in [4.78, 5) is 4.07. The van der Waals surface area contributed by atoms with Crippen molar-refractivity contribution in [3.63, 3.8) is 0 Å². The van der Waals surface area contributed by atoms with E-state index in [2.05, 4.69) is 15.6 Å². The first-order valence-electron chi connectivity index (χ1n) is 5.92. The van der Waals surface area contributed by atoms with Gasteiger partial charge in [0.15, 0.2) is 5.96 Å². The Morgan fingerprint density at radius 1 is 1.42 bits per heavy atom. The number of aliphatic hydroxyl groups excluding tert-OH is 1. The number of nitrogens with zero attached hydrogens (tertiary/aromatic N) is 1. The van der Waals surface area contributed by atoms with Crippen LogP contribution in [-0.4, -0.2) is 24.2 Å². The molecule has 0 atom stereocenters. The molecule has 0 heterocycles. The van der Waals surface area contributed by atoms with Gasteiger partial charge in [0.1, 0.15) is 5.82 Å². The van der Waals surface area contributed by atoms with Crippen LogP contribution in [0.3, 0.4) is 0 Å². The molecule has 6 heteroatoms. The van der Waals surface area contributed by atoms with Gasteiger partial charge in [0, 0.05) is 25.2 Å². The highest BCUT2D eigenvalue weighted by Gasteiger charge is 2.04. The molecule has 1 aromatic carbocycles. The van der Waals surface area contributed by atoms with Crippen LogP contribution in [0.15, 0.2) is 23.2 Å². The number of aliphatic hydroxyl groups is 1. The van der Waals surface area contributed by atoms with Gasteiger partial charge < -0.3 is 15.7 Å². The molecule has 3 N–H and O–H groups in total. The third-order valence-electron chi connectivity index (χ3n) is 2.39. The van der Waals surface area contributed by atoms with Crippen molar-refractivity contribution in [2.24, 2.45) is 4.99 Å². The van der Waals surface area contributed by atoms with E-state index in [9.17, 15) is 4.39 Å². The van der Waals surface area contributed by atoms with Crippen LogP contribution in [0.1, 0.15) is 25.0 Å². The molecule has 4 nitrogen and oxygen atoms in total. The molecule has 0 radical (unpaired) electrons. The van der Waals surface area contributed by atoms with Crippen LogP contribution < -0.4 is 10.6 Å². The third kappa shape index (κ3) is 6.20. The number of benzene rings is 1. The van der Waals surface area contributed by atoms with Crippen molar-refractivity contribution < 1.29 is 9.50 Å². The first kappa shape index (κ1) is 18.1. The fourth-order valence-corrected chi connectivity index (χ4v) is 1.51. The van der Waals surface area contributed by atoms with Gasteiger partial charge in [0.25, 0.3) is 0 Å². The second kappa shape index (κ2) is 9.08. The molecule has 0 aliphatic carbocycles. The Labute approximate surface area is 130 Å². The summed E-state index contributed by atoms with van der Waals surface area (Å²) in [5, 5.41) is 15.3. The molecular formula is C13H21FIN3O. The van der Waals surface area contributed by atoms with Gasteiger partial charge in [-0.2, -0.15) is 0 Å². The van der Waals surface area contributed by atoms with E-state index < -0.39 is 0 Å². The van der Waals surface area contributed by atoms with E-state index in [1.165, 1.54) is 6.07 Å². The first-order valence-corrected chi connectivity index (χ1v) is 5.92. The molecule has 0 aliphatic heterocycles. The van der Waals surface area contributed by atoms with Crippen molar-refractivity contribution in [2.45, 2.75) is 33.0 Å². The van der Waals surface area contributed by atoms with E-state index >= 15 is 0 Å². The topological polar surface area (TPSA) is 56.7 Å². The average Bonchev–Trinajstić information content (AvgIpc) is 2.35. The molecule has 0 spiro atoms. The van der Waals surface area contributed by atoms with E-state index in [4.69, 9.17) is 5.11 Å². The summed E-state index contributed by atoms with van der Waals surface area (Å²) in [6, 6.07) is 4.98. The van der Waals surface area contributed by atoms with E-state index in [0.717, 1.165) is 5.56 Å². The van der Waals surface area contributed by atoms with Gasteiger partial charge >= 0.3 is 0 Å². The first-order chi connectivity index (χ1) is 8.56. The van der Waals surface area contributed by atoms with Gasteiger partial charge in [0.2, 0.25) is 0 Å². The lowest BCUT2D eigenvalue weighted by Crippen LogP contribution is -2.40. The molecule has 0 saturated heterocycles. The molecule has 108 valence electrons. The minimum Gasteiger partial charge on any atom is -0.392 e. The highest BCUT2D eigenvalue weighted by Crippen LogP contribution is 2.10. The van der Waals surface area contributed by atoms with Crippen molar-refractivity contribution in [1.29, 1.82) is 0 Å². The summed E-state index contributed by atoms with van der Waals surface area (Å²) in [5.41, 5.74) is 1.20. The van der Waals surface area contributed by atoms with E-state index in [1.807, 2.05) is 13.8 Å². The normalized spacial score (nSPS) is 11.2. The molecule has 19 heavy (non-hydrogen) atoms. The highest BCUT2D eigenvalue weighted by molar-refractivity contribution is 14.0. The average molecular weight is 381 g/mol. The maximum Gasteiger partial charge on any atom is 0.191 e. The quantitative estimate of drug-likeness (QED) is 0.425. The van der Waals surface area contributed by atoms with Crippen molar-refractivity contribution in [1.82, 2.24) is 10.6 Å². The summed E-state index contributed by atoms with van der Waals surface area (Å²) < 4.78 is 13.2. The second-order valence-electron chi connectivity index (χ2n) is 4.31. The number of halogens is 2. The van der Waals surface area contributed by atoms with Crippen LogP contribution in [0.5, 0.6) is 0 Å². The molecule has 0 amide bonds. The molecule has 1 aromatic rings. The van der Waals surface area contributed by atoms with Crippen LogP contribution in [0.2, 0.25) is 0 Å². The van der Waals surface area contributed by atoms with E-state index in [-0.39, 0.29) is 42.4 Å². The molecule has 0 aliphatic rings. The van der Waals surface area contributed by atoms with Gasteiger partial charge in [-0.15, -0.1) is 24.0 Å². The Kier molecular flexibility index (Phi) is 8.66. The number of aliphatic imine (C=N–C) groups is 1. The van der Waals surface area contributed by atoms with Crippen LogP contribution in [0.4, 0.5) is 4.39 Å². The van der Waals surface area contributed by atoms with Crippen LogP contribution in [0.25, 0.3) is 0 Å². The molecule has 0 saturated carbocycles. The van der Waals surface area contributed by atoms with Gasteiger partial charge in [-0.25, -0.2) is 4.39 Å². The fraction of sp³-hybridized carbons (Fsp3) is 0.462. The largest absolute Gasteiger partial charge is 0.392 e. The molecular weight excluding hydrogens is 360 g/mol. The summed E-state index contributed by atoms with van der Waals surface area (Å²) in [5.74, 6) is 0.311. The Bertz CT molecular complexity index is 424. The molecule has 0 fully saturated rings. The van der Waals surface area contributed by atoms with Gasteiger partial charge in [-0.1, -0.05) is 6.07 Å². The summed E-state index contributed by atoms with van der Waals surface area (Å²) in [7, 11) is 1.70. The molecule has 0 unspecified atom stereocenters. The Hall–Kier alpha value is -0.890. The monoisotopic (exact) mass is 381 g/mol. The standard InChI is InChI=1S/C13H20FN3O.HI/c1-9(2)17-13(15-3)16-7-10-4-5-12(14)11(6-10)8-18;/h4-6,9,18H,7-8H2,1-3H3,(H2,15,16,17);1H.